The number of hydrogen-bond donors (Lipinski definition) is 3. The molecule has 0 spiro atoms. The third-order valence-corrected chi connectivity index (χ3v) is 5.87. The minimum Gasteiger partial charge on any atom is -0.378 e. The van der Waals surface area contributed by atoms with Crippen LogP contribution < -0.4 is 10.8 Å². The zero-order valence-corrected chi connectivity index (χ0v) is 20.6. The van der Waals surface area contributed by atoms with Crippen molar-refractivity contribution in [3.05, 3.63) is 77.1 Å². The van der Waals surface area contributed by atoms with Gasteiger partial charge in [0, 0.05) is 37.7 Å². The molecule has 1 aliphatic heterocycles. The van der Waals surface area contributed by atoms with Crippen molar-refractivity contribution in [2.24, 2.45) is 0 Å². The van der Waals surface area contributed by atoms with Gasteiger partial charge in [-0.15, -0.1) is 0 Å². The fourth-order valence-electron chi connectivity index (χ4n) is 3.83. The summed E-state index contributed by atoms with van der Waals surface area (Å²) in [5.41, 5.74) is 3.65. The van der Waals surface area contributed by atoms with Gasteiger partial charge in [-0.05, 0) is 42.2 Å². The summed E-state index contributed by atoms with van der Waals surface area (Å²) in [6.45, 7) is 2.31. The standard InChI is InChI=1S/C28H32FN3O5/c29-25-7-4-3-6-23(25)24(28(35)32-16-18-37-19-17-32)20-22-11-9-21(10-12-22)13-14-26(33)30-15-5-1-2-8-27(34)31-36/h3-4,6-7,9-14,20,36H,1-2,5,8,15-19H2,(H,30,33)(H,31,34)/b14-13?,24-20+. The zero-order chi connectivity index (χ0) is 26.5. The maximum atomic E-state index is 14.6. The lowest BCUT2D eigenvalue weighted by atomic mass is 10.00. The minimum atomic E-state index is -0.461. The van der Waals surface area contributed by atoms with Gasteiger partial charge in [0.1, 0.15) is 5.82 Å². The summed E-state index contributed by atoms with van der Waals surface area (Å²) in [6.07, 6.45) is 7.18. The molecule has 0 aliphatic carbocycles. The van der Waals surface area contributed by atoms with Crippen LogP contribution in [0.4, 0.5) is 4.39 Å². The quantitative estimate of drug-likeness (QED) is 0.141. The van der Waals surface area contributed by atoms with Crippen LogP contribution in [0.15, 0.2) is 54.6 Å². The number of hydroxylamine groups is 1. The second-order valence-electron chi connectivity index (χ2n) is 8.58. The molecule has 3 rings (SSSR count). The Balaban J connectivity index is 1.61. The molecule has 0 atom stereocenters. The van der Waals surface area contributed by atoms with Crippen molar-refractivity contribution in [3.8, 4) is 0 Å². The molecule has 1 saturated heterocycles. The summed E-state index contributed by atoms with van der Waals surface area (Å²) in [4.78, 5) is 37.9. The second kappa shape index (κ2) is 14.7. The predicted octanol–water partition coefficient (Wildman–Crippen LogP) is 3.42. The minimum absolute atomic E-state index is 0.227. The maximum Gasteiger partial charge on any atom is 0.254 e. The number of nitrogens with zero attached hydrogens (tertiary/aromatic N) is 1. The van der Waals surface area contributed by atoms with Gasteiger partial charge in [-0.25, -0.2) is 9.87 Å². The maximum absolute atomic E-state index is 14.6. The van der Waals surface area contributed by atoms with Crippen LogP contribution in [0.25, 0.3) is 17.7 Å². The molecule has 2 aromatic carbocycles. The molecule has 0 saturated carbocycles. The SMILES string of the molecule is O=C(C=Cc1ccc(/C=C(/C(=O)N2CCOCC2)c2ccccc2F)cc1)NCCCCCC(=O)NO. The number of halogens is 1. The number of carbonyl (C=O) groups is 3. The van der Waals surface area contributed by atoms with Crippen LogP contribution in [0.3, 0.4) is 0 Å². The van der Waals surface area contributed by atoms with Crippen LogP contribution in [-0.2, 0) is 19.1 Å². The first-order valence-corrected chi connectivity index (χ1v) is 12.3. The third kappa shape index (κ3) is 8.96. The lowest BCUT2D eigenvalue weighted by Gasteiger charge is -2.28. The number of rotatable bonds is 11. The van der Waals surface area contributed by atoms with Crippen LogP contribution in [-0.4, -0.2) is 60.7 Å². The van der Waals surface area contributed by atoms with Gasteiger partial charge in [-0.1, -0.05) is 48.9 Å². The molecule has 1 aliphatic rings. The molecular formula is C28H32FN3O5. The molecular weight excluding hydrogens is 477 g/mol. The Bertz CT molecular complexity index is 1120. The van der Waals surface area contributed by atoms with E-state index in [1.165, 1.54) is 12.1 Å². The first kappa shape index (κ1) is 27.8. The Morgan fingerprint density at radius 1 is 0.973 bits per heavy atom. The van der Waals surface area contributed by atoms with Crippen LogP contribution in [0, 0.1) is 5.82 Å². The van der Waals surface area contributed by atoms with E-state index in [2.05, 4.69) is 5.32 Å². The summed E-state index contributed by atoms with van der Waals surface area (Å²) in [5, 5.41) is 11.2. The predicted molar refractivity (Wildman–Crippen MR) is 139 cm³/mol. The number of unbranched alkanes of at least 4 members (excludes halogenated alkanes) is 2. The highest BCUT2D eigenvalue weighted by Gasteiger charge is 2.23. The average molecular weight is 510 g/mol. The van der Waals surface area contributed by atoms with Crippen molar-refractivity contribution < 1.29 is 28.7 Å². The smallest absolute Gasteiger partial charge is 0.254 e. The van der Waals surface area contributed by atoms with E-state index in [9.17, 15) is 18.8 Å². The number of carbonyl (C=O) groups excluding carboxylic acids is 3. The zero-order valence-electron chi connectivity index (χ0n) is 20.6. The van der Waals surface area contributed by atoms with Gasteiger partial charge in [-0.2, -0.15) is 0 Å². The molecule has 8 nitrogen and oxygen atoms in total. The van der Waals surface area contributed by atoms with Crippen molar-refractivity contribution in [2.75, 3.05) is 32.8 Å². The number of nitrogens with one attached hydrogen (secondary N) is 2. The average Bonchev–Trinajstić information content (AvgIpc) is 2.93. The van der Waals surface area contributed by atoms with E-state index in [4.69, 9.17) is 9.94 Å². The van der Waals surface area contributed by atoms with E-state index in [1.54, 1.807) is 40.7 Å². The van der Waals surface area contributed by atoms with E-state index in [0.717, 1.165) is 24.0 Å². The van der Waals surface area contributed by atoms with Crippen molar-refractivity contribution >= 4 is 35.4 Å². The van der Waals surface area contributed by atoms with Gasteiger partial charge in [0.2, 0.25) is 11.8 Å². The summed E-state index contributed by atoms with van der Waals surface area (Å²) >= 11 is 0. The summed E-state index contributed by atoms with van der Waals surface area (Å²) < 4.78 is 19.9. The number of hydrogen-bond acceptors (Lipinski definition) is 5. The van der Waals surface area contributed by atoms with Crippen molar-refractivity contribution in [1.82, 2.24) is 15.7 Å². The van der Waals surface area contributed by atoms with Gasteiger partial charge in [0.25, 0.3) is 5.91 Å². The van der Waals surface area contributed by atoms with E-state index in [-0.39, 0.29) is 29.4 Å². The Morgan fingerprint density at radius 3 is 2.38 bits per heavy atom. The van der Waals surface area contributed by atoms with Crippen LogP contribution in [0.1, 0.15) is 42.4 Å². The molecule has 1 heterocycles. The third-order valence-electron chi connectivity index (χ3n) is 5.87. The summed E-state index contributed by atoms with van der Waals surface area (Å²) in [5.74, 6) is -1.35. The normalized spacial score (nSPS) is 14.0. The second-order valence-corrected chi connectivity index (χ2v) is 8.58. The summed E-state index contributed by atoms with van der Waals surface area (Å²) in [6, 6.07) is 13.5. The topological polar surface area (TPSA) is 108 Å². The molecule has 3 N–H and O–H groups in total. The van der Waals surface area contributed by atoms with Crippen molar-refractivity contribution in [2.45, 2.75) is 25.7 Å². The van der Waals surface area contributed by atoms with Gasteiger partial charge in [0.15, 0.2) is 0 Å². The molecule has 0 bridgehead atoms. The Kier molecular flexibility index (Phi) is 11.0. The number of ether oxygens (including phenoxy) is 1. The molecule has 3 amide bonds. The highest BCUT2D eigenvalue weighted by Crippen LogP contribution is 2.24. The Labute approximate surface area is 215 Å². The lowest BCUT2D eigenvalue weighted by molar-refractivity contribution is -0.129. The largest absolute Gasteiger partial charge is 0.378 e. The fourth-order valence-corrected chi connectivity index (χ4v) is 3.83. The van der Waals surface area contributed by atoms with E-state index >= 15 is 0 Å². The highest BCUT2D eigenvalue weighted by atomic mass is 19.1. The fraction of sp³-hybridized carbons (Fsp3) is 0.321. The van der Waals surface area contributed by atoms with Crippen LogP contribution in [0.5, 0.6) is 0 Å². The van der Waals surface area contributed by atoms with E-state index in [0.29, 0.717) is 39.3 Å². The monoisotopic (exact) mass is 509 g/mol. The van der Waals surface area contributed by atoms with Crippen LogP contribution >= 0.6 is 0 Å². The van der Waals surface area contributed by atoms with Gasteiger partial charge < -0.3 is 15.0 Å². The first-order valence-electron chi connectivity index (χ1n) is 12.3. The van der Waals surface area contributed by atoms with Gasteiger partial charge >= 0.3 is 0 Å². The van der Waals surface area contributed by atoms with Gasteiger partial charge in [-0.3, -0.25) is 19.6 Å². The Hall–Kier alpha value is -3.82. The van der Waals surface area contributed by atoms with Gasteiger partial charge in [0.05, 0.1) is 18.8 Å². The lowest BCUT2D eigenvalue weighted by Crippen LogP contribution is -2.41. The van der Waals surface area contributed by atoms with Crippen molar-refractivity contribution in [1.29, 1.82) is 0 Å². The number of benzene rings is 2. The molecule has 2 aromatic rings. The molecule has 0 radical (unpaired) electrons. The summed E-state index contributed by atoms with van der Waals surface area (Å²) in [7, 11) is 0. The van der Waals surface area contributed by atoms with Crippen LogP contribution in [0.2, 0.25) is 0 Å². The number of morpholine rings is 1. The molecule has 37 heavy (non-hydrogen) atoms. The van der Waals surface area contributed by atoms with E-state index in [1.807, 2.05) is 24.3 Å². The molecule has 1 fully saturated rings. The first-order chi connectivity index (χ1) is 18.0. The molecule has 196 valence electrons. The molecule has 0 aromatic heterocycles. The molecule has 9 heteroatoms. The van der Waals surface area contributed by atoms with E-state index < -0.39 is 11.7 Å². The molecule has 0 unspecified atom stereocenters. The Morgan fingerprint density at radius 2 is 1.68 bits per heavy atom. The highest BCUT2D eigenvalue weighted by molar-refractivity contribution is 6.24. The van der Waals surface area contributed by atoms with Crippen molar-refractivity contribution in [3.63, 3.8) is 0 Å². The number of amides is 3.